The molecule has 0 spiro atoms. The Morgan fingerprint density at radius 1 is 1.05 bits per heavy atom. The lowest BCUT2D eigenvalue weighted by molar-refractivity contribution is 0.0978. The molecule has 4 heteroatoms. The average molecular weight is 284 g/mol. The van der Waals surface area contributed by atoms with Crippen LogP contribution in [-0.4, -0.2) is 11.0 Å². The molecule has 0 aliphatic heterocycles. The number of hydrogen-bond acceptors (Lipinski definition) is 2. The van der Waals surface area contributed by atoms with Gasteiger partial charge in [-0.05, 0) is 42.4 Å². The molecule has 0 saturated carbocycles. The molecule has 0 saturated heterocycles. The number of carbonyl (C=O) groups excluding carboxylic acids is 1. The fraction of sp³-hybridized carbons (Fsp3) is 0.125. The number of rotatable bonds is 3. The maximum atomic E-state index is 12.0. The van der Waals surface area contributed by atoms with Crippen molar-refractivity contribution in [2.24, 2.45) is 0 Å². The molecule has 0 aliphatic carbocycles. The van der Waals surface area contributed by atoms with Gasteiger partial charge in [0.25, 0.3) is 5.91 Å². The third kappa shape index (κ3) is 3.65. The number of carbonyl (C=O) groups is 1. The fourth-order valence-electron chi connectivity index (χ4n) is 1.87. The summed E-state index contributed by atoms with van der Waals surface area (Å²) in [6.45, 7) is 2.08. The molecule has 20 heavy (non-hydrogen) atoms. The van der Waals surface area contributed by atoms with E-state index in [1.165, 1.54) is 0 Å². The smallest absolute Gasteiger partial charge is 0.257 e. The minimum Gasteiger partial charge on any atom is -0.332 e. The zero-order valence-electron chi connectivity index (χ0n) is 11.2. The van der Waals surface area contributed by atoms with E-state index in [1.54, 1.807) is 12.1 Å². The number of hydrogen-bond donors (Lipinski definition) is 2. The van der Waals surface area contributed by atoms with Gasteiger partial charge in [-0.15, -0.1) is 0 Å². The molecule has 0 radical (unpaired) electrons. The standard InChI is InChI=1S/C16H16N2OS/c1-2-12-8-6-7-11-14(12)17-16(20)18-15(19)13-9-4-3-5-10-13/h3-11H,2H2,1H3,(H2,17,18,19,20). The summed E-state index contributed by atoms with van der Waals surface area (Å²) in [5, 5.41) is 6.04. The van der Waals surface area contributed by atoms with Crippen LogP contribution in [0, 0.1) is 0 Å². The van der Waals surface area contributed by atoms with Gasteiger partial charge < -0.3 is 5.32 Å². The third-order valence-electron chi connectivity index (χ3n) is 2.91. The quantitative estimate of drug-likeness (QED) is 0.849. The lowest BCUT2D eigenvalue weighted by atomic mass is 10.1. The summed E-state index contributed by atoms with van der Waals surface area (Å²) in [6.07, 6.45) is 0.901. The molecule has 0 atom stereocenters. The van der Waals surface area contributed by atoms with E-state index in [-0.39, 0.29) is 5.91 Å². The van der Waals surface area contributed by atoms with Crippen molar-refractivity contribution in [2.75, 3.05) is 5.32 Å². The molecule has 0 unspecified atom stereocenters. The summed E-state index contributed by atoms with van der Waals surface area (Å²) >= 11 is 5.18. The Hall–Kier alpha value is -2.20. The van der Waals surface area contributed by atoms with Gasteiger partial charge in [0.15, 0.2) is 5.11 Å². The molecule has 2 rings (SSSR count). The van der Waals surface area contributed by atoms with Crippen LogP contribution in [-0.2, 0) is 6.42 Å². The van der Waals surface area contributed by atoms with Crippen molar-refractivity contribution in [3.05, 3.63) is 65.7 Å². The Kier molecular flexibility index (Phi) is 4.85. The topological polar surface area (TPSA) is 41.1 Å². The monoisotopic (exact) mass is 284 g/mol. The second kappa shape index (κ2) is 6.82. The van der Waals surface area contributed by atoms with Crippen LogP contribution in [0.25, 0.3) is 0 Å². The molecule has 0 bridgehead atoms. The highest BCUT2D eigenvalue weighted by molar-refractivity contribution is 7.80. The maximum absolute atomic E-state index is 12.0. The Labute approximate surface area is 124 Å². The lowest BCUT2D eigenvalue weighted by Gasteiger charge is -2.12. The molecular formula is C16H16N2OS. The first-order valence-electron chi connectivity index (χ1n) is 6.46. The van der Waals surface area contributed by atoms with Gasteiger partial charge in [-0.25, -0.2) is 0 Å². The van der Waals surface area contributed by atoms with Gasteiger partial charge in [-0.2, -0.15) is 0 Å². The highest BCUT2D eigenvalue weighted by Gasteiger charge is 2.08. The van der Waals surface area contributed by atoms with E-state index in [0.717, 1.165) is 17.7 Å². The van der Waals surface area contributed by atoms with Crippen molar-refractivity contribution >= 4 is 28.9 Å². The van der Waals surface area contributed by atoms with Crippen LogP contribution >= 0.6 is 12.2 Å². The minimum absolute atomic E-state index is 0.211. The summed E-state index contributed by atoms with van der Waals surface area (Å²) in [5.41, 5.74) is 2.66. The van der Waals surface area contributed by atoms with Crippen LogP contribution in [0.4, 0.5) is 5.69 Å². The summed E-state index contributed by atoms with van der Waals surface area (Å²) in [6, 6.07) is 16.9. The molecule has 1 amide bonds. The number of anilines is 1. The van der Waals surface area contributed by atoms with E-state index in [0.29, 0.717) is 10.7 Å². The van der Waals surface area contributed by atoms with Crippen molar-refractivity contribution in [2.45, 2.75) is 13.3 Å². The number of benzene rings is 2. The van der Waals surface area contributed by atoms with Gasteiger partial charge in [-0.3, -0.25) is 10.1 Å². The molecule has 2 N–H and O–H groups in total. The normalized spacial score (nSPS) is 9.85. The summed E-state index contributed by atoms with van der Waals surface area (Å²) < 4.78 is 0. The van der Waals surface area contributed by atoms with E-state index in [2.05, 4.69) is 17.6 Å². The molecule has 102 valence electrons. The highest BCUT2D eigenvalue weighted by atomic mass is 32.1. The lowest BCUT2D eigenvalue weighted by Crippen LogP contribution is -2.34. The number of aryl methyl sites for hydroxylation is 1. The second-order valence-corrected chi connectivity index (χ2v) is 4.69. The van der Waals surface area contributed by atoms with E-state index >= 15 is 0 Å². The number of amides is 1. The van der Waals surface area contributed by atoms with Crippen LogP contribution in [0.15, 0.2) is 54.6 Å². The Bertz CT molecular complexity index is 611. The third-order valence-corrected chi connectivity index (χ3v) is 3.11. The van der Waals surface area contributed by atoms with E-state index in [9.17, 15) is 4.79 Å². The van der Waals surface area contributed by atoms with Crippen LogP contribution in [0.2, 0.25) is 0 Å². The van der Waals surface area contributed by atoms with Gasteiger partial charge in [0.1, 0.15) is 0 Å². The molecule has 0 aliphatic rings. The molecule has 2 aromatic rings. The number of thiocarbonyl (C=S) groups is 1. The van der Waals surface area contributed by atoms with Gasteiger partial charge in [0, 0.05) is 11.3 Å². The largest absolute Gasteiger partial charge is 0.332 e. The van der Waals surface area contributed by atoms with Gasteiger partial charge >= 0.3 is 0 Å². The van der Waals surface area contributed by atoms with E-state index in [4.69, 9.17) is 12.2 Å². The fourth-order valence-corrected chi connectivity index (χ4v) is 2.07. The predicted molar refractivity (Wildman–Crippen MR) is 85.9 cm³/mol. The number of para-hydroxylation sites is 1. The summed E-state index contributed by atoms with van der Waals surface area (Å²) in [5.74, 6) is -0.211. The first-order chi connectivity index (χ1) is 9.70. The van der Waals surface area contributed by atoms with Gasteiger partial charge in [0.2, 0.25) is 0 Å². The summed E-state index contributed by atoms with van der Waals surface area (Å²) in [7, 11) is 0. The molecule has 0 aromatic heterocycles. The summed E-state index contributed by atoms with van der Waals surface area (Å²) in [4.78, 5) is 12.0. The van der Waals surface area contributed by atoms with Crippen molar-refractivity contribution < 1.29 is 4.79 Å². The zero-order chi connectivity index (χ0) is 14.4. The van der Waals surface area contributed by atoms with Crippen molar-refractivity contribution in [3.8, 4) is 0 Å². The van der Waals surface area contributed by atoms with Crippen LogP contribution in [0.5, 0.6) is 0 Å². The van der Waals surface area contributed by atoms with E-state index in [1.807, 2.05) is 42.5 Å². The Morgan fingerprint density at radius 2 is 1.70 bits per heavy atom. The van der Waals surface area contributed by atoms with Crippen LogP contribution in [0.3, 0.4) is 0 Å². The van der Waals surface area contributed by atoms with Crippen LogP contribution < -0.4 is 10.6 Å². The molecule has 3 nitrogen and oxygen atoms in total. The zero-order valence-corrected chi connectivity index (χ0v) is 12.0. The van der Waals surface area contributed by atoms with Crippen LogP contribution in [0.1, 0.15) is 22.8 Å². The number of nitrogens with one attached hydrogen (secondary N) is 2. The van der Waals surface area contributed by atoms with Crippen molar-refractivity contribution in [1.82, 2.24) is 5.32 Å². The Morgan fingerprint density at radius 3 is 2.40 bits per heavy atom. The van der Waals surface area contributed by atoms with Crippen molar-refractivity contribution in [1.29, 1.82) is 0 Å². The first-order valence-corrected chi connectivity index (χ1v) is 6.87. The van der Waals surface area contributed by atoms with Gasteiger partial charge in [0.05, 0.1) is 0 Å². The maximum Gasteiger partial charge on any atom is 0.257 e. The minimum atomic E-state index is -0.211. The SMILES string of the molecule is CCc1ccccc1NC(=S)NC(=O)c1ccccc1. The van der Waals surface area contributed by atoms with E-state index < -0.39 is 0 Å². The first kappa shape index (κ1) is 14.2. The second-order valence-electron chi connectivity index (χ2n) is 4.28. The molecule has 2 aromatic carbocycles. The molecular weight excluding hydrogens is 268 g/mol. The Balaban J connectivity index is 2.01. The molecule has 0 fully saturated rings. The molecule has 0 heterocycles. The van der Waals surface area contributed by atoms with Crippen molar-refractivity contribution in [3.63, 3.8) is 0 Å². The van der Waals surface area contributed by atoms with Gasteiger partial charge in [-0.1, -0.05) is 43.3 Å². The average Bonchev–Trinajstić information content (AvgIpc) is 2.48. The predicted octanol–water partition coefficient (Wildman–Crippen LogP) is 3.38. The highest BCUT2D eigenvalue weighted by Crippen LogP contribution is 2.15.